The fourth-order valence-corrected chi connectivity index (χ4v) is 5.65. The molecular weight excluding hydrogens is 332 g/mol. The first-order valence-electron chi connectivity index (χ1n) is 6.21. The van der Waals surface area contributed by atoms with E-state index in [-0.39, 0.29) is 6.10 Å². The lowest BCUT2D eigenvalue weighted by molar-refractivity contribution is 0.174. The largest absolute Gasteiger partial charge is 0.392 e. The molecule has 0 bridgehead atoms. The second-order valence-corrected chi connectivity index (χ2v) is 7.73. The molecule has 1 aliphatic rings. The highest BCUT2D eigenvalue weighted by Gasteiger charge is 2.25. The van der Waals surface area contributed by atoms with Crippen LogP contribution in [0, 0.1) is 0 Å². The van der Waals surface area contributed by atoms with Crippen molar-refractivity contribution >= 4 is 39.5 Å². The lowest BCUT2D eigenvalue weighted by Crippen LogP contribution is -2.31. The Hall–Kier alpha value is 0.350. The third-order valence-corrected chi connectivity index (χ3v) is 7.00. The monoisotopic (exact) mass is 350 g/mol. The molecule has 0 amide bonds. The van der Waals surface area contributed by atoms with Crippen molar-refractivity contribution in [2.75, 3.05) is 17.3 Å². The number of aliphatic hydroxyl groups is 1. The highest BCUT2D eigenvalue weighted by Crippen LogP contribution is 2.29. The van der Waals surface area contributed by atoms with Gasteiger partial charge in [-0.25, -0.2) is 0 Å². The molecule has 1 aliphatic heterocycles. The van der Waals surface area contributed by atoms with E-state index in [1.165, 1.54) is 5.75 Å². The van der Waals surface area contributed by atoms with Gasteiger partial charge in [0.15, 0.2) is 0 Å². The van der Waals surface area contributed by atoms with Gasteiger partial charge in [-0.3, -0.25) is 4.68 Å². The lowest BCUT2D eigenvalue weighted by atomic mass is 10.1. The van der Waals surface area contributed by atoms with Crippen LogP contribution < -0.4 is 0 Å². The molecule has 1 aromatic heterocycles. The SMILES string of the molecule is CCc1nn(C)c(CC(O)C2CSCCS2)c1Br. The first kappa shape index (κ1) is 14.8. The molecule has 2 rings (SSSR count). The van der Waals surface area contributed by atoms with Crippen molar-refractivity contribution < 1.29 is 5.11 Å². The van der Waals surface area contributed by atoms with Crippen LogP contribution in [0.2, 0.25) is 0 Å². The van der Waals surface area contributed by atoms with Crippen molar-refractivity contribution in [1.82, 2.24) is 9.78 Å². The molecule has 2 unspecified atom stereocenters. The number of hydrogen-bond acceptors (Lipinski definition) is 4. The zero-order valence-corrected chi connectivity index (χ0v) is 13.9. The van der Waals surface area contributed by atoms with E-state index in [4.69, 9.17) is 0 Å². The third-order valence-electron chi connectivity index (χ3n) is 3.18. The molecule has 1 N–H and O–H groups in total. The van der Waals surface area contributed by atoms with Gasteiger partial charge in [0.1, 0.15) is 0 Å². The van der Waals surface area contributed by atoms with Crippen LogP contribution in [0.3, 0.4) is 0 Å². The molecule has 1 fully saturated rings. The minimum absolute atomic E-state index is 0.279. The second-order valence-electron chi connectivity index (χ2n) is 4.44. The van der Waals surface area contributed by atoms with Gasteiger partial charge in [-0.15, -0.1) is 0 Å². The normalized spacial score (nSPS) is 22.1. The predicted molar refractivity (Wildman–Crippen MR) is 83.6 cm³/mol. The average Bonchev–Trinajstić information content (AvgIpc) is 2.67. The lowest BCUT2D eigenvalue weighted by Gasteiger charge is -2.25. The summed E-state index contributed by atoms with van der Waals surface area (Å²) < 4.78 is 2.97. The smallest absolute Gasteiger partial charge is 0.0766 e. The number of thioether (sulfide) groups is 2. The summed E-state index contributed by atoms with van der Waals surface area (Å²) in [5.74, 6) is 3.42. The van der Waals surface area contributed by atoms with E-state index >= 15 is 0 Å². The number of hydrogen-bond donors (Lipinski definition) is 1. The van der Waals surface area contributed by atoms with Crippen molar-refractivity contribution in [2.24, 2.45) is 7.05 Å². The van der Waals surface area contributed by atoms with Gasteiger partial charge in [0, 0.05) is 36.0 Å². The molecule has 6 heteroatoms. The molecule has 3 nitrogen and oxygen atoms in total. The number of aliphatic hydroxyl groups excluding tert-OH is 1. The van der Waals surface area contributed by atoms with Crippen LogP contribution in [0.4, 0.5) is 0 Å². The Balaban J connectivity index is 2.06. The second kappa shape index (κ2) is 6.68. The van der Waals surface area contributed by atoms with Gasteiger partial charge >= 0.3 is 0 Å². The Bertz CT molecular complexity index is 405. The van der Waals surface area contributed by atoms with Gasteiger partial charge in [-0.1, -0.05) is 6.92 Å². The molecule has 1 aromatic rings. The van der Waals surface area contributed by atoms with E-state index in [2.05, 4.69) is 28.0 Å². The minimum atomic E-state index is -0.279. The zero-order chi connectivity index (χ0) is 13.1. The van der Waals surface area contributed by atoms with Crippen molar-refractivity contribution in [3.05, 3.63) is 15.9 Å². The number of aromatic nitrogens is 2. The van der Waals surface area contributed by atoms with Crippen LogP contribution in [-0.2, 0) is 19.9 Å². The van der Waals surface area contributed by atoms with Gasteiger partial charge in [0.05, 0.1) is 22.0 Å². The predicted octanol–water partition coefficient (Wildman–Crippen LogP) is 2.50. The fourth-order valence-electron chi connectivity index (χ4n) is 2.10. The Morgan fingerprint density at radius 3 is 2.89 bits per heavy atom. The average molecular weight is 351 g/mol. The molecule has 2 heterocycles. The van der Waals surface area contributed by atoms with Crippen LogP contribution >= 0.6 is 39.5 Å². The zero-order valence-electron chi connectivity index (χ0n) is 10.7. The fraction of sp³-hybridized carbons (Fsp3) is 0.750. The molecule has 2 atom stereocenters. The van der Waals surface area contributed by atoms with Gasteiger partial charge in [-0.05, 0) is 22.4 Å². The van der Waals surface area contributed by atoms with Crippen LogP contribution in [0.5, 0.6) is 0 Å². The van der Waals surface area contributed by atoms with Gasteiger partial charge in [0.25, 0.3) is 0 Å². The summed E-state index contributed by atoms with van der Waals surface area (Å²) in [5, 5.41) is 15.2. The van der Waals surface area contributed by atoms with Crippen LogP contribution in [0.1, 0.15) is 18.3 Å². The molecule has 0 saturated carbocycles. The van der Waals surface area contributed by atoms with Crippen molar-refractivity contribution in [3.8, 4) is 0 Å². The topological polar surface area (TPSA) is 38.0 Å². The first-order chi connectivity index (χ1) is 8.63. The summed E-state index contributed by atoms with van der Waals surface area (Å²) in [6.07, 6.45) is 1.32. The number of halogens is 1. The molecule has 0 aromatic carbocycles. The Kier molecular flexibility index (Phi) is 5.47. The molecule has 18 heavy (non-hydrogen) atoms. The van der Waals surface area contributed by atoms with Crippen LogP contribution in [-0.4, -0.2) is 43.5 Å². The quantitative estimate of drug-likeness (QED) is 0.905. The number of nitrogens with zero attached hydrogens (tertiary/aromatic N) is 2. The highest BCUT2D eigenvalue weighted by atomic mass is 79.9. The maximum absolute atomic E-state index is 10.4. The standard InChI is InChI=1S/C12H19BrN2OS2/c1-3-8-12(13)9(15(2)14-8)6-10(16)11-7-17-4-5-18-11/h10-11,16H,3-7H2,1-2H3. The summed E-state index contributed by atoms with van der Waals surface area (Å²) in [4.78, 5) is 0. The van der Waals surface area contributed by atoms with Crippen molar-refractivity contribution in [2.45, 2.75) is 31.1 Å². The molecule has 1 saturated heterocycles. The van der Waals surface area contributed by atoms with E-state index in [0.29, 0.717) is 11.7 Å². The Morgan fingerprint density at radius 1 is 1.56 bits per heavy atom. The van der Waals surface area contributed by atoms with Crippen LogP contribution in [0.15, 0.2) is 4.47 Å². The van der Waals surface area contributed by atoms with Crippen molar-refractivity contribution in [1.29, 1.82) is 0 Å². The summed E-state index contributed by atoms with van der Waals surface area (Å²) in [5.41, 5.74) is 2.18. The molecule has 0 spiro atoms. The van der Waals surface area contributed by atoms with Gasteiger partial charge in [-0.2, -0.15) is 28.6 Å². The van der Waals surface area contributed by atoms with E-state index < -0.39 is 0 Å². The summed E-state index contributed by atoms with van der Waals surface area (Å²) in [6, 6.07) is 0. The van der Waals surface area contributed by atoms with Gasteiger partial charge < -0.3 is 5.11 Å². The van der Waals surface area contributed by atoms with Crippen molar-refractivity contribution in [3.63, 3.8) is 0 Å². The van der Waals surface area contributed by atoms with Crippen LogP contribution in [0.25, 0.3) is 0 Å². The maximum Gasteiger partial charge on any atom is 0.0766 e. The first-order valence-corrected chi connectivity index (χ1v) is 9.20. The maximum atomic E-state index is 10.4. The van der Waals surface area contributed by atoms with E-state index in [9.17, 15) is 5.11 Å². The summed E-state index contributed by atoms with van der Waals surface area (Å²) >= 11 is 7.45. The highest BCUT2D eigenvalue weighted by molar-refractivity contribution is 9.10. The van der Waals surface area contributed by atoms with Gasteiger partial charge in [0.2, 0.25) is 0 Å². The molecule has 102 valence electrons. The third kappa shape index (κ3) is 3.26. The van der Waals surface area contributed by atoms with E-state index in [1.807, 2.05) is 35.3 Å². The van der Waals surface area contributed by atoms with E-state index in [1.54, 1.807) is 0 Å². The minimum Gasteiger partial charge on any atom is -0.392 e. The Morgan fingerprint density at radius 2 is 2.33 bits per heavy atom. The molecular formula is C12H19BrN2OS2. The number of aryl methyl sites for hydroxylation is 2. The molecule has 0 aliphatic carbocycles. The molecule has 0 radical (unpaired) electrons. The Labute approximate surface area is 125 Å². The number of rotatable bonds is 4. The van der Waals surface area contributed by atoms with E-state index in [0.717, 1.165) is 33.8 Å². The summed E-state index contributed by atoms with van der Waals surface area (Å²) in [7, 11) is 1.95. The summed E-state index contributed by atoms with van der Waals surface area (Å²) in [6.45, 7) is 2.10.